The summed E-state index contributed by atoms with van der Waals surface area (Å²) in [5, 5.41) is 13.1. The largest absolute Gasteiger partial charge is 0.356 e. The Morgan fingerprint density at radius 3 is 2.50 bits per heavy atom. The number of nitrogens with zero attached hydrogens (tertiary/aromatic N) is 1. The van der Waals surface area contributed by atoms with E-state index in [0.717, 1.165) is 5.56 Å². The Morgan fingerprint density at radius 1 is 1.38 bits per heavy atom. The number of non-ortho nitro benzene ring substituents is 1. The fourth-order valence-electron chi connectivity index (χ4n) is 1.26. The summed E-state index contributed by atoms with van der Waals surface area (Å²) in [7, 11) is 0. The molecule has 0 unspecified atom stereocenters. The summed E-state index contributed by atoms with van der Waals surface area (Å²) in [6.07, 6.45) is 1.16. The van der Waals surface area contributed by atoms with E-state index in [1.807, 2.05) is 0 Å². The molecule has 1 aromatic rings. The summed E-state index contributed by atoms with van der Waals surface area (Å²) < 4.78 is 0. The molecule has 0 saturated carbocycles. The van der Waals surface area contributed by atoms with Crippen molar-refractivity contribution in [1.82, 2.24) is 5.32 Å². The minimum atomic E-state index is -0.428. The van der Waals surface area contributed by atoms with Gasteiger partial charge in [-0.2, -0.15) is 0 Å². The number of rotatable bonds is 5. The van der Waals surface area contributed by atoms with Crippen molar-refractivity contribution in [3.05, 3.63) is 39.9 Å². The maximum atomic E-state index is 10.9. The van der Waals surface area contributed by atoms with E-state index < -0.39 is 4.92 Å². The molecule has 1 N–H and O–H groups in total. The van der Waals surface area contributed by atoms with Crippen LogP contribution in [0.4, 0.5) is 5.69 Å². The van der Waals surface area contributed by atoms with E-state index in [4.69, 9.17) is 0 Å². The molecule has 1 aromatic carbocycles. The van der Waals surface area contributed by atoms with Gasteiger partial charge in [-0.05, 0) is 12.0 Å². The van der Waals surface area contributed by atoms with Crippen LogP contribution in [0.15, 0.2) is 24.3 Å². The Morgan fingerprint density at radius 2 is 2.00 bits per heavy atom. The molecule has 0 radical (unpaired) electrons. The summed E-state index contributed by atoms with van der Waals surface area (Å²) in [6.45, 7) is 2.35. The average Bonchev–Trinajstić information content (AvgIpc) is 2.29. The molecule has 0 aliphatic carbocycles. The van der Waals surface area contributed by atoms with Gasteiger partial charge in [-0.15, -0.1) is 0 Å². The maximum Gasteiger partial charge on any atom is 0.269 e. The van der Waals surface area contributed by atoms with Crippen LogP contribution in [0.5, 0.6) is 0 Å². The number of nitro benzene ring substituents is 1. The summed E-state index contributed by atoms with van der Waals surface area (Å²) in [5.74, 6) is 0.0157. The van der Waals surface area contributed by atoms with Gasteiger partial charge in [0.25, 0.3) is 5.69 Å². The van der Waals surface area contributed by atoms with Gasteiger partial charge in [0.05, 0.1) is 4.92 Å². The Hall–Kier alpha value is -1.91. The number of carbonyl (C=O) groups is 1. The minimum absolute atomic E-state index is 0.0157. The lowest BCUT2D eigenvalue weighted by molar-refractivity contribution is -0.384. The predicted octanol–water partition coefficient (Wildman–Crippen LogP) is 1.66. The molecule has 5 heteroatoms. The molecule has 0 aliphatic heterocycles. The van der Waals surface area contributed by atoms with Crippen LogP contribution in [-0.2, 0) is 11.2 Å². The lowest BCUT2D eigenvalue weighted by Gasteiger charge is -2.03. The highest BCUT2D eigenvalue weighted by atomic mass is 16.6. The topological polar surface area (TPSA) is 72.2 Å². The Kier molecular flexibility index (Phi) is 4.44. The van der Waals surface area contributed by atoms with Crippen molar-refractivity contribution in [3.63, 3.8) is 0 Å². The van der Waals surface area contributed by atoms with Crippen molar-refractivity contribution in [2.45, 2.75) is 19.8 Å². The van der Waals surface area contributed by atoms with Crippen molar-refractivity contribution in [2.75, 3.05) is 6.54 Å². The third-order valence-electron chi connectivity index (χ3n) is 2.20. The van der Waals surface area contributed by atoms with Crippen molar-refractivity contribution >= 4 is 11.6 Å². The maximum absolute atomic E-state index is 10.9. The van der Waals surface area contributed by atoms with Crippen LogP contribution in [0.25, 0.3) is 0 Å². The summed E-state index contributed by atoms with van der Waals surface area (Å²) >= 11 is 0. The molecule has 1 amide bonds. The number of nitro groups is 1. The first-order valence-corrected chi connectivity index (χ1v) is 5.13. The van der Waals surface area contributed by atoms with Crippen molar-refractivity contribution in [3.8, 4) is 0 Å². The van der Waals surface area contributed by atoms with E-state index in [0.29, 0.717) is 19.4 Å². The fraction of sp³-hybridized carbons (Fsp3) is 0.364. The van der Waals surface area contributed by atoms with Crippen molar-refractivity contribution in [2.24, 2.45) is 0 Å². The number of nitrogens with one attached hydrogen (secondary N) is 1. The quantitative estimate of drug-likeness (QED) is 0.608. The second-order valence-corrected chi connectivity index (χ2v) is 3.38. The van der Waals surface area contributed by atoms with Crippen LogP contribution in [0.1, 0.15) is 18.9 Å². The van der Waals surface area contributed by atoms with Crippen LogP contribution in [0.2, 0.25) is 0 Å². The smallest absolute Gasteiger partial charge is 0.269 e. The summed E-state index contributed by atoms with van der Waals surface area (Å²) in [4.78, 5) is 20.9. The molecule has 0 saturated heterocycles. The molecule has 0 spiro atoms. The molecule has 0 aliphatic rings. The van der Waals surface area contributed by atoms with Gasteiger partial charge >= 0.3 is 0 Å². The highest BCUT2D eigenvalue weighted by molar-refractivity contribution is 5.75. The lowest BCUT2D eigenvalue weighted by atomic mass is 10.1. The summed E-state index contributed by atoms with van der Waals surface area (Å²) in [5.41, 5.74) is 1.06. The van der Waals surface area contributed by atoms with E-state index >= 15 is 0 Å². The van der Waals surface area contributed by atoms with Gasteiger partial charge < -0.3 is 5.32 Å². The van der Waals surface area contributed by atoms with Crippen LogP contribution in [0, 0.1) is 10.1 Å². The van der Waals surface area contributed by atoms with Gasteiger partial charge in [-0.1, -0.05) is 19.1 Å². The highest BCUT2D eigenvalue weighted by Gasteiger charge is 2.03. The van der Waals surface area contributed by atoms with E-state index in [1.54, 1.807) is 19.1 Å². The van der Waals surface area contributed by atoms with Gasteiger partial charge in [-0.25, -0.2) is 0 Å². The van der Waals surface area contributed by atoms with Crippen molar-refractivity contribution in [1.29, 1.82) is 0 Å². The predicted molar refractivity (Wildman–Crippen MR) is 60.1 cm³/mol. The molecule has 0 heterocycles. The highest BCUT2D eigenvalue weighted by Crippen LogP contribution is 2.11. The van der Waals surface area contributed by atoms with E-state index in [-0.39, 0.29) is 11.6 Å². The standard InChI is InChI=1S/C11H14N2O3/c1-2-11(14)12-8-7-9-3-5-10(6-4-9)13(15)16/h3-6H,2,7-8H2,1H3,(H,12,14). The van der Waals surface area contributed by atoms with E-state index in [1.165, 1.54) is 12.1 Å². The van der Waals surface area contributed by atoms with Crippen LogP contribution < -0.4 is 5.32 Å². The van der Waals surface area contributed by atoms with Crippen molar-refractivity contribution < 1.29 is 9.72 Å². The number of amides is 1. The first-order valence-electron chi connectivity index (χ1n) is 5.13. The number of hydrogen-bond acceptors (Lipinski definition) is 3. The molecule has 0 bridgehead atoms. The van der Waals surface area contributed by atoms with Gasteiger partial charge in [0.1, 0.15) is 0 Å². The van der Waals surface area contributed by atoms with E-state index in [9.17, 15) is 14.9 Å². The first-order chi connectivity index (χ1) is 7.63. The molecule has 86 valence electrons. The monoisotopic (exact) mass is 222 g/mol. The number of carbonyl (C=O) groups excluding carboxylic acids is 1. The fourth-order valence-corrected chi connectivity index (χ4v) is 1.26. The Labute approximate surface area is 93.6 Å². The zero-order valence-electron chi connectivity index (χ0n) is 9.10. The van der Waals surface area contributed by atoms with Gasteiger partial charge in [0, 0.05) is 25.1 Å². The minimum Gasteiger partial charge on any atom is -0.356 e. The average molecular weight is 222 g/mol. The molecule has 0 atom stereocenters. The second-order valence-electron chi connectivity index (χ2n) is 3.38. The zero-order valence-corrected chi connectivity index (χ0v) is 9.10. The molecule has 0 fully saturated rings. The summed E-state index contributed by atoms with van der Waals surface area (Å²) in [6, 6.07) is 6.35. The SMILES string of the molecule is CCC(=O)NCCc1ccc([N+](=O)[O-])cc1. The van der Waals surface area contributed by atoms with Crippen LogP contribution in [0.3, 0.4) is 0 Å². The molecule has 16 heavy (non-hydrogen) atoms. The number of hydrogen-bond donors (Lipinski definition) is 1. The van der Waals surface area contributed by atoms with E-state index in [2.05, 4.69) is 5.32 Å². The third kappa shape index (κ3) is 3.68. The normalized spacial score (nSPS) is 9.81. The lowest BCUT2D eigenvalue weighted by Crippen LogP contribution is -2.24. The van der Waals surface area contributed by atoms with Gasteiger partial charge in [0.2, 0.25) is 5.91 Å². The number of benzene rings is 1. The molecule has 0 aromatic heterocycles. The molecular weight excluding hydrogens is 208 g/mol. The first kappa shape index (κ1) is 12.2. The van der Waals surface area contributed by atoms with Crippen LogP contribution in [-0.4, -0.2) is 17.4 Å². The Balaban J connectivity index is 2.43. The molecule has 5 nitrogen and oxygen atoms in total. The molecular formula is C11H14N2O3. The van der Waals surface area contributed by atoms with Crippen LogP contribution >= 0.6 is 0 Å². The van der Waals surface area contributed by atoms with Gasteiger partial charge in [0.15, 0.2) is 0 Å². The second kappa shape index (κ2) is 5.85. The molecule has 1 rings (SSSR count). The zero-order chi connectivity index (χ0) is 12.0. The van der Waals surface area contributed by atoms with Gasteiger partial charge in [-0.3, -0.25) is 14.9 Å². The third-order valence-corrected chi connectivity index (χ3v) is 2.20. The Bertz CT molecular complexity index is 373.